The number of likely N-dealkylation sites (N-methyl/N-ethyl adjacent to an activating group) is 1. The number of carbonyl (C=O) groups is 3. The van der Waals surface area contributed by atoms with E-state index in [1.807, 2.05) is 60.7 Å². The highest BCUT2D eigenvalue weighted by Crippen LogP contribution is 2.33. The number of ether oxygens (including phenoxy) is 1. The molecule has 4 rings (SSSR count). The molecule has 9 heteroatoms. The zero-order valence-corrected chi connectivity index (χ0v) is 25.4. The van der Waals surface area contributed by atoms with Crippen LogP contribution >= 0.6 is 11.6 Å². The number of hydrogen-bond donors (Lipinski definition) is 1. The van der Waals surface area contributed by atoms with Crippen LogP contribution in [0.15, 0.2) is 84.9 Å². The molecule has 8 nitrogen and oxygen atoms in total. The van der Waals surface area contributed by atoms with Gasteiger partial charge in [0.1, 0.15) is 11.7 Å². The molecule has 1 aliphatic rings. The monoisotopic (exact) mass is 592 g/mol. The number of nitrogens with zero attached hydrogens (tertiary/aromatic N) is 3. The number of rotatable bonds is 13. The zero-order chi connectivity index (χ0) is 30.3. The number of unbranched alkanes of at least 4 members (excludes halogenated alkanes) is 1. The lowest BCUT2D eigenvalue weighted by Crippen LogP contribution is -2.41. The number of halogens is 1. The summed E-state index contributed by atoms with van der Waals surface area (Å²) in [5.74, 6) is -0.335. The molecule has 0 spiro atoms. The van der Waals surface area contributed by atoms with Crippen LogP contribution in [0.5, 0.6) is 5.75 Å². The third-order valence-corrected chi connectivity index (χ3v) is 7.14. The summed E-state index contributed by atoms with van der Waals surface area (Å²) in [5, 5.41) is 6.50. The second kappa shape index (κ2) is 17.2. The third kappa shape index (κ3) is 9.33. The molecule has 0 aromatic heterocycles. The molecule has 1 heterocycles. The van der Waals surface area contributed by atoms with Gasteiger partial charge in [0, 0.05) is 18.1 Å². The SMILES string of the molecule is CCCCC1C(=O)N(c2ccccc2)N(c2ccccc2)C1=O.CCN(CC)CCNC(=O)COc1ccc(Cl)cc1. The second-order valence-electron chi connectivity index (χ2n) is 9.79. The van der Waals surface area contributed by atoms with Crippen LogP contribution in [-0.2, 0) is 14.4 Å². The molecule has 0 radical (unpaired) electrons. The fourth-order valence-corrected chi connectivity index (χ4v) is 4.63. The van der Waals surface area contributed by atoms with Crippen LogP contribution in [-0.4, -0.2) is 55.4 Å². The standard InChI is InChI=1S/C19H20N2O2.C14H21ClN2O2/c1-2-3-14-17-18(22)20(15-10-6-4-7-11-15)21(19(17)23)16-12-8-5-9-13-16;1-3-17(4-2)10-9-16-14(18)11-19-13-7-5-12(15)6-8-13/h4-13,17H,2-3,14H2,1H3;5-8H,3-4,9-11H2,1-2H3,(H,16,18). The molecular formula is C33H41ClN4O4. The minimum Gasteiger partial charge on any atom is -0.484 e. The fourth-order valence-electron chi connectivity index (χ4n) is 4.50. The average molecular weight is 593 g/mol. The first-order valence-electron chi connectivity index (χ1n) is 14.5. The molecule has 0 unspecified atom stereocenters. The van der Waals surface area contributed by atoms with Crippen LogP contribution in [0, 0.1) is 5.92 Å². The van der Waals surface area contributed by atoms with E-state index in [1.165, 1.54) is 10.0 Å². The Bertz CT molecular complexity index is 1200. The Kier molecular flexibility index (Phi) is 13.3. The Balaban J connectivity index is 0.000000236. The third-order valence-electron chi connectivity index (χ3n) is 6.89. The lowest BCUT2D eigenvalue weighted by atomic mass is 10.0. The molecule has 224 valence electrons. The second-order valence-corrected chi connectivity index (χ2v) is 10.2. The summed E-state index contributed by atoms with van der Waals surface area (Å²) < 4.78 is 5.35. The molecule has 3 aromatic rings. The van der Waals surface area contributed by atoms with Crippen molar-refractivity contribution >= 4 is 40.7 Å². The first kappa shape index (κ1) is 32.6. The van der Waals surface area contributed by atoms with Crippen molar-refractivity contribution in [2.24, 2.45) is 5.92 Å². The quantitative estimate of drug-likeness (QED) is 0.248. The zero-order valence-electron chi connectivity index (χ0n) is 24.7. The molecule has 0 aliphatic carbocycles. The lowest BCUT2D eigenvalue weighted by molar-refractivity contribution is -0.127. The number of nitrogens with one attached hydrogen (secondary N) is 1. The maximum absolute atomic E-state index is 12.9. The summed E-state index contributed by atoms with van der Waals surface area (Å²) in [6.45, 7) is 9.79. The normalized spacial score (nSPS) is 13.3. The average Bonchev–Trinajstić information content (AvgIpc) is 3.27. The Morgan fingerprint density at radius 2 is 1.36 bits per heavy atom. The van der Waals surface area contributed by atoms with Crippen LogP contribution in [0.3, 0.4) is 0 Å². The predicted molar refractivity (Wildman–Crippen MR) is 169 cm³/mol. The van der Waals surface area contributed by atoms with Crippen molar-refractivity contribution in [1.29, 1.82) is 0 Å². The summed E-state index contributed by atoms with van der Waals surface area (Å²) in [4.78, 5) is 39.5. The number of para-hydroxylation sites is 2. The Morgan fingerprint density at radius 1 is 0.833 bits per heavy atom. The number of benzene rings is 3. The van der Waals surface area contributed by atoms with E-state index in [0.29, 0.717) is 35.1 Å². The molecule has 1 saturated heterocycles. The highest BCUT2D eigenvalue weighted by atomic mass is 35.5. The first-order chi connectivity index (χ1) is 20.4. The van der Waals surface area contributed by atoms with Gasteiger partial charge < -0.3 is 15.0 Å². The summed E-state index contributed by atoms with van der Waals surface area (Å²) >= 11 is 5.76. The maximum atomic E-state index is 12.9. The van der Waals surface area contributed by atoms with Gasteiger partial charge in [0.25, 0.3) is 17.7 Å². The van der Waals surface area contributed by atoms with Gasteiger partial charge in [-0.15, -0.1) is 0 Å². The summed E-state index contributed by atoms with van der Waals surface area (Å²) in [5.41, 5.74) is 1.43. The van der Waals surface area contributed by atoms with Crippen molar-refractivity contribution in [2.75, 3.05) is 42.8 Å². The molecular weight excluding hydrogens is 552 g/mol. The van der Waals surface area contributed by atoms with Gasteiger partial charge in [0.15, 0.2) is 6.61 Å². The Labute approximate surface area is 254 Å². The number of carbonyl (C=O) groups excluding carboxylic acids is 3. The number of hydrogen-bond acceptors (Lipinski definition) is 5. The highest BCUT2D eigenvalue weighted by Gasteiger charge is 2.46. The predicted octanol–water partition coefficient (Wildman–Crippen LogP) is 5.96. The van der Waals surface area contributed by atoms with Crippen molar-refractivity contribution in [2.45, 2.75) is 40.0 Å². The number of anilines is 2. The summed E-state index contributed by atoms with van der Waals surface area (Å²) in [7, 11) is 0. The smallest absolute Gasteiger partial charge is 0.258 e. The van der Waals surface area contributed by atoms with E-state index in [1.54, 1.807) is 24.3 Å². The van der Waals surface area contributed by atoms with Crippen molar-refractivity contribution in [1.82, 2.24) is 10.2 Å². The first-order valence-corrected chi connectivity index (χ1v) is 14.9. The van der Waals surface area contributed by atoms with Crippen molar-refractivity contribution in [3.8, 4) is 5.75 Å². The van der Waals surface area contributed by atoms with Crippen molar-refractivity contribution in [3.63, 3.8) is 0 Å². The van der Waals surface area contributed by atoms with E-state index >= 15 is 0 Å². The van der Waals surface area contributed by atoms with Crippen LogP contribution in [0.4, 0.5) is 11.4 Å². The molecule has 1 aliphatic heterocycles. The van der Waals surface area contributed by atoms with Gasteiger partial charge in [-0.2, -0.15) is 0 Å². The van der Waals surface area contributed by atoms with E-state index in [0.717, 1.165) is 32.5 Å². The largest absolute Gasteiger partial charge is 0.484 e. The minimum absolute atomic E-state index is 0.0277. The Hall–Kier alpha value is -3.88. The van der Waals surface area contributed by atoms with Gasteiger partial charge in [-0.25, -0.2) is 10.0 Å². The van der Waals surface area contributed by atoms with E-state index in [4.69, 9.17) is 16.3 Å². The van der Waals surface area contributed by atoms with Crippen LogP contribution in [0.25, 0.3) is 0 Å². The molecule has 1 fully saturated rings. The van der Waals surface area contributed by atoms with Crippen LogP contribution < -0.4 is 20.1 Å². The Morgan fingerprint density at radius 3 is 1.83 bits per heavy atom. The fraction of sp³-hybridized carbons (Fsp3) is 0.364. The van der Waals surface area contributed by atoms with Gasteiger partial charge in [-0.3, -0.25) is 14.4 Å². The molecule has 0 atom stereocenters. The molecule has 3 amide bonds. The van der Waals surface area contributed by atoms with Gasteiger partial charge in [-0.1, -0.05) is 81.6 Å². The van der Waals surface area contributed by atoms with Crippen molar-refractivity contribution in [3.05, 3.63) is 90.0 Å². The van der Waals surface area contributed by atoms with E-state index in [9.17, 15) is 14.4 Å². The van der Waals surface area contributed by atoms with Crippen LogP contribution in [0.1, 0.15) is 40.0 Å². The van der Waals surface area contributed by atoms with Gasteiger partial charge >= 0.3 is 0 Å². The molecule has 0 bridgehead atoms. The molecule has 42 heavy (non-hydrogen) atoms. The van der Waals surface area contributed by atoms with Gasteiger partial charge in [0.2, 0.25) is 0 Å². The van der Waals surface area contributed by atoms with E-state index in [-0.39, 0.29) is 24.3 Å². The van der Waals surface area contributed by atoms with E-state index in [2.05, 4.69) is 31.0 Å². The topological polar surface area (TPSA) is 82.2 Å². The van der Waals surface area contributed by atoms with E-state index < -0.39 is 5.92 Å². The summed E-state index contributed by atoms with van der Waals surface area (Å²) in [6.07, 6.45) is 2.43. The van der Waals surface area contributed by atoms with Gasteiger partial charge in [-0.05, 0) is 68.0 Å². The minimum atomic E-state index is -0.588. The van der Waals surface area contributed by atoms with Crippen LogP contribution in [0.2, 0.25) is 5.02 Å². The summed E-state index contributed by atoms with van der Waals surface area (Å²) in [6, 6.07) is 25.6. The van der Waals surface area contributed by atoms with Gasteiger partial charge in [0.05, 0.1) is 11.4 Å². The lowest BCUT2D eigenvalue weighted by Gasteiger charge is -2.27. The van der Waals surface area contributed by atoms with Crippen molar-refractivity contribution < 1.29 is 19.1 Å². The maximum Gasteiger partial charge on any atom is 0.258 e. The number of hydrazine groups is 1. The molecule has 0 saturated carbocycles. The molecule has 3 aromatic carbocycles. The highest BCUT2D eigenvalue weighted by molar-refractivity contribution is 6.30. The number of amides is 3. The molecule has 1 N–H and O–H groups in total.